The second-order valence-electron chi connectivity index (χ2n) is 4.71. The van der Waals surface area contributed by atoms with Gasteiger partial charge < -0.3 is 4.52 Å². The molecule has 0 bridgehead atoms. The number of alkyl halides is 2. The average molecular weight is 251 g/mol. The molecule has 0 amide bonds. The van der Waals surface area contributed by atoms with Gasteiger partial charge in [-0.25, -0.2) is 8.78 Å². The molecular formula is C14H15F2NO. The first kappa shape index (κ1) is 12.7. The van der Waals surface area contributed by atoms with Crippen molar-refractivity contribution in [3.8, 4) is 11.1 Å². The molecule has 0 radical (unpaired) electrons. The fourth-order valence-electron chi connectivity index (χ4n) is 1.91. The molecule has 1 aromatic carbocycles. The van der Waals surface area contributed by atoms with Crippen molar-refractivity contribution in [2.24, 2.45) is 5.92 Å². The zero-order valence-electron chi connectivity index (χ0n) is 10.4. The normalized spacial score (nSPS) is 11.4. The van der Waals surface area contributed by atoms with Crippen molar-refractivity contribution in [1.29, 1.82) is 0 Å². The molecule has 2 rings (SSSR count). The summed E-state index contributed by atoms with van der Waals surface area (Å²) in [5, 5.41) is 3.34. The minimum Gasteiger partial charge on any atom is -0.364 e. The summed E-state index contributed by atoms with van der Waals surface area (Å²) in [6.07, 6.45) is -0.376. The van der Waals surface area contributed by atoms with Crippen LogP contribution in [0.15, 0.2) is 35.1 Å². The van der Waals surface area contributed by atoms with E-state index in [2.05, 4.69) is 23.5 Å². The molecular weight excluding hydrogens is 236 g/mol. The third kappa shape index (κ3) is 2.75. The molecule has 18 heavy (non-hydrogen) atoms. The van der Waals surface area contributed by atoms with E-state index in [1.165, 1.54) is 11.8 Å². The van der Waals surface area contributed by atoms with Gasteiger partial charge in [-0.3, -0.25) is 0 Å². The van der Waals surface area contributed by atoms with Crippen LogP contribution in [-0.4, -0.2) is 5.16 Å². The smallest absolute Gasteiger partial charge is 0.284 e. The van der Waals surface area contributed by atoms with E-state index in [1.54, 1.807) is 0 Å². The van der Waals surface area contributed by atoms with Crippen LogP contribution < -0.4 is 0 Å². The molecule has 1 heterocycles. The van der Waals surface area contributed by atoms with E-state index in [9.17, 15) is 8.78 Å². The van der Waals surface area contributed by atoms with Crippen LogP contribution in [0.1, 0.15) is 31.5 Å². The SMILES string of the molecule is CC(C)Cc1ccc(-c2conc2C(F)F)cc1. The summed E-state index contributed by atoms with van der Waals surface area (Å²) in [7, 11) is 0. The molecule has 96 valence electrons. The van der Waals surface area contributed by atoms with Gasteiger partial charge in [0.05, 0.1) is 5.56 Å². The summed E-state index contributed by atoms with van der Waals surface area (Å²) in [6, 6.07) is 7.57. The Bertz CT molecular complexity index is 503. The maximum atomic E-state index is 12.7. The molecule has 0 N–H and O–H groups in total. The Morgan fingerprint density at radius 1 is 1.17 bits per heavy atom. The second kappa shape index (κ2) is 5.29. The summed E-state index contributed by atoms with van der Waals surface area (Å²) in [4.78, 5) is 0. The highest BCUT2D eigenvalue weighted by Crippen LogP contribution is 2.30. The van der Waals surface area contributed by atoms with Crippen LogP contribution >= 0.6 is 0 Å². The van der Waals surface area contributed by atoms with Crippen LogP contribution in [0.4, 0.5) is 8.78 Å². The number of rotatable bonds is 4. The van der Waals surface area contributed by atoms with E-state index in [0.29, 0.717) is 17.0 Å². The zero-order valence-corrected chi connectivity index (χ0v) is 10.4. The Labute approximate surface area is 105 Å². The first-order valence-electron chi connectivity index (χ1n) is 5.89. The third-order valence-electron chi connectivity index (χ3n) is 2.71. The summed E-state index contributed by atoms with van der Waals surface area (Å²) in [6.45, 7) is 4.28. The first-order chi connectivity index (χ1) is 8.58. The van der Waals surface area contributed by atoms with Gasteiger partial charge in [0.15, 0.2) is 5.69 Å². The lowest BCUT2D eigenvalue weighted by atomic mass is 9.99. The number of hydrogen-bond donors (Lipinski definition) is 0. The Morgan fingerprint density at radius 2 is 1.83 bits per heavy atom. The lowest BCUT2D eigenvalue weighted by molar-refractivity contribution is 0.141. The Morgan fingerprint density at radius 3 is 2.39 bits per heavy atom. The van der Waals surface area contributed by atoms with E-state index < -0.39 is 6.43 Å². The molecule has 0 aliphatic heterocycles. The lowest BCUT2D eigenvalue weighted by Gasteiger charge is -2.06. The average Bonchev–Trinajstić information content (AvgIpc) is 2.78. The van der Waals surface area contributed by atoms with E-state index in [0.717, 1.165) is 6.42 Å². The van der Waals surface area contributed by atoms with E-state index in [4.69, 9.17) is 0 Å². The van der Waals surface area contributed by atoms with E-state index in [-0.39, 0.29) is 5.69 Å². The lowest BCUT2D eigenvalue weighted by Crippen LogP contribution is -1.94. The molecule has 0 saturated heterocycles. The molecule has 0 spiro atoms. The van der Waals surface area contributed by atoms with Crippen LogP contribution in [-0.2, 0) is 6.42 Å². The predicted octanol–water partition coefficient (Wildman–Crippen LogP) is 4.48. The monoisotopic (exact) mass is 251 g/mol. The fourth-order valence-corrected chi connectivity index (χ4v) is 1.91. The first-order valence-corrected chi connectivity index (χ1v) is 5.89. The molecule has 0 atom stereocenters. The summed E-state index contributed by atoms with van der Waals surface area (Å²) < 4.78 is 30.0. The van der Waals surface area contributed by atoms with Gasteiger partial charge in [-0.1, -0.05) is 43.3 Å². The van der Waals surface area contributed by atoms with Crippen molar-refractivity contribution in [1.82, 2.24) is 5.16 Å². The largest absolute Gasteiger partial charge is 0.364 e. The maximum Gasteiger partial charge on any atom is 0.284 e. The summed E-state index contributed by atoms with van der Waals surface area (Å²) in [5.74, 6) is 0.572. The predicted molar refractivity (Wildman–Crippen MR) is 65.4 cm³/mol. The molecule has 0 saturated carbocycles. The molecule has 2 nitrogen and oxygen atoms in total. The number of benzene rings is 1. The molecule has 0 unspecified atom stereocenters. The fraction of sp³-hybridized carbons (Fsp3) is 0.357. The highest BCUT2D eigenvalue weighted by Gasteiger charge is 2.18. The van der Waals surface area contributed by atoms with Crippen LogP contribution in [0.3, 0.4) is 0 Å². The van der Waals surface area contributed by atoms with Gasteiger partial charge in [-0.2, -0.15) is 0 Å². The van der Waals surface area contributed by atoms with Gasteiger partial charge in [-0.05, 0) is 23.5 Å². The summed E-state index contributed by atoms with van der Waals surface area (Å²) in [5.41, 5.74) is 1.97. The molecule has 0 aliphatic rings. The number of nitrogens with zero attached hydrogens (tertiary/aromatic N) is 1. The van der Waals surface area contributed by atoms with Gasteiger partial charge in [0.25, 0.3) is 6.43 Å². The van der Waals surface area contributed by atoms with Gasteiger partial charge >= 0.3 is 0 Å². The molecule has 1 aromatic heterocycles. The van der Waals surface area contributed by atoms with Crippen molar-refractivity contribution < 1.29 is 13.3 Å². The van der Waals surface area contributed by atoms with Crippen molar-refractivity contribution >= 4 is 0 Å². The van der Waals surface area contributed by atoms with Crippen LogP contribution in [0, 0.1) is 5.92 Å². The third-order valence-corrected chi connectivity index (χ3v) is 2.71. The molecule has 0 aliphatic carbocycles. The Hall–Kier alpha value is -1.71. The highest BCUT2D eigenvalue weighted by atomic mass is 19.3. The van der Waals surface area contributed by atoms with E-state index in [1.807, 2.05) is 24.3 Å². The van der Waals surface area contributed by atoms with Gasteiger partial charge in [0.2, 0.25) is 0 Å². The zero-order chi connectivity index (χ0) is 13.1. The van der Waals surface area contributed by atoms with Crippen molar-refractivity contribution in [2.75, 3.05) is 0 Å². The summed E-state index contributed by atoms with van der Waals surface area (Å²) >= 11 is 0. The Balaban J connectivity index is 2.26. The van der Waals surface area contributed by atoms with Crippen molar-refractivity contribution in [3.63, 3.8) is 0 Å². The van der Waals surface area contributed by atoms with Crippen molar-refractivity contribution in [2.45, 2.75) is 26.7 Å². The van der Waals surface area contributed by atoms with Crippen molar-refractivity contribution in [3.05, 3.63) is 41.8 Å². The number of hydrogen-bond acceptors (Lipinski definition) is 2. The second-order valence-corrected chi connectivity index (χ2v) is 4.71. The topological polar surface area (TPSA) is 26.0 Å². The Kier molecular flexibility index (Phi) is 3.75. The van der Waals surface area contributed by atoms with Crippen LogP contribution in [0.25, 0.3) is 11.1 Å². The molecule has 4 heteroatoms. The van der Waals surface area contributed by atoms with Crippen LogP contribution in [0.2, 0.25) is 0 Å². The quantitative estimate of drug-likeness (QED) is 0.800. The number of aromatic nitrogens is 1. The minimum absolute atomic E-state index is 0.299. The molecule has 2 aromatic rings. The number of halogens is 2. The van der Waals surface area contributed by atoms with Gasteiger partial charge in [0, 0.05) is 0 Å². The van der Waals surface area contributed by atoms with E-state index >= 15 is 0 Å². The maximum absolute atomic E-state index is 12.7. The van der Waals surface area contributed by atoms with Gasteiger partial charge in [-0.15, -0.1) is 0 Å². The highest BCUT2D eigenvalue weighted by molar-refractivity contribution is 5.65. The van der Waals surface area contributed by atoms with Crippen LogP contribution in [0.5, 0.6) is 0 Å². The minimum atomic E-state index is -2.62. The molecule has 0 fully saturated rings. The standard InChI is InChI=1S/C14H15F2NO/c1-9(2)7-10-3-5-11(6-4-10)12-8-18-17-13(12)14(15)16/h3-6,8-9,14H,7H2,1-2H3. The van der Waals surface area contributed by atoms with Gasteiger partial charge in [0.1, 0.15) is 6.26 Å².